The van der Waals surface area contributed by atoms with E-state index in [1.165, 1.54) is 0 Å². The highest BCUT2D eigenvalue weighted by Crippen LogP contribution is 2.69. The maximum atomic E-state index is 11.8. The number of fused-ring (bicyclic) bond motifs is 5. The van der Waals surface area contributed by atoms with E-state index in [0.29, 0.717) is 0 Å². The minimum atomic E-state index is -1.28. The van der Waals surface area contributed by atoms with Crippen molar-refractivity contribution in [2.45, 2.75) is 16.2 Å². The zero-order valence-corrected chi connectivity index (χ0v) is 11.1. The van der Waals surface area contributed by atoms with Crippen molar-refractivity contribution in [1.29, 1.82) is 0 Å². The number of imide groups is 1. The summed E-state index contributed by atoms with van der Waals surface area (Å²) in [6.45, 7) is 0. The van der Waals surface area contributed by atoms with Gasteiger partial charge in [0, 0.05) is 0 Å². The van der Waals surface area contributed by atoms with Crippen molar-refractivity contribution in [1.82, 2.24) is 5.06 Å². The molecule has 1 N–H and O–H groups in total. The predicted molar refractivity (Wildman–Crippen MR) is 61.1 cm³/mol. The average molecular weight is 317 g/mol. The van der Waals surface area contributed by atoms with Gasteiger partial charge in [-0.25, -0.2) is 0 Å². The SMILES string of the molecule is O=C1[C@H]2[C@H](C(=O)N1O)[C@]1(Cl)C[C@@]2(Cl)C(Cl)=C1Cl. The first-order valence-electron chi connectivity index (χ1n) is 4.76. The molecule has 2 fully saturated rings. The summed E-state index contributed by atoms with van der Waals surface area (Å²) >= 11 is 24.5. The maximum absolute atomic E-state index is 11.8. The van der Waals surface area contributed by atoms with Gasteiger partial charge in [0.1, 0.15) is 0 Å². The Morgan fingerprint density at radius 2 is 1.41 bits per heavy atom. The number of rotatable bonds is 0. The summed E-state index contributed by atoms with van der Waals surface area (Å²) in [6, 6.07) is 0. The van der Waals surface area contributed by atoms with E-state index in [4.69, 9.17) is 46.4 Å². The molecule has 1 saturated carbocycles. The Bertz CT molecular complexity index is 464. The van der Waals surface area contributed by atoms with Crippen molar-refractivity contribution >= 4 is 58.2 Å². The fourth-order valence-corrected chi connectivity index (χ4v) is 4.88. The van der Waals surface area contributed by atoms with Gasteiger partial charge in [-0.15, -0.1) is 23.2 Å². The summed E-state index contributed by atoms with van der Waals surface area (Å²) in [5, 5.41) is 9.59. The Morgan fingerprint density at radius 3 is 1.76 bits per heavy atom. The van der Waals surface area contributed by atoms with Gasteiger partial charge in [-0.1, -0.05) is 23.2 Å². The van der Waals surface area contributed by atoms with Gasteiger partial charge in [-0.2, -0.15) is 5.06 Å². The van der Waals surface area contributed by atoms with Crippen LogP contribution in [0.15, 0.2) is 10.1 Å². The molecule has 8 heteroatoms. The number of carbonyl (C=O) groups is 2. The Labute approximate surface area is 116 Å². The van der Waals surface area contributed by atoms with Crippen molar-refractivity contribution < 1.29 is 14.8 Å². The zero-order chi connectivity index (χ0) is 12.7. The monoisotopic (exact) mass is 315 g/mol. The number of carbonyl (C=O) groups excluding carboxylic acids is 2. The van der Waals surface area contributed by atoms with Crippen LogP contribution in [-0.2, 0) is 9.59 Å². The predicted octanol–water partition coefficient (Wildman–Crippen LogP) is 2.04. The smallest absolute Gasteiger partial charge is 0.259 e. The van der Waals surface area contributed by atoms with Crippen LogP contribution in [0.1, 0.15) is 6.42 Å². The number of amides is 2. The minimum Gasteiger partial charge on any atom is -0.278 e. The summed E-state index contributed by atoms with van der Waals surface area (Å²) in [5.74, 6) is -3.46. The molecule has 1 heterocycles. The fraction of sp³-hybridized carbons (Fsp3) is 0.556. The van der Waals surface area contributed by atoms with Crippen LogP contribution in [0.4, 0.5) is 0 Å². The largest absolute Gasteiger partial charge is 0.278 e. The second-order valence-corrected chi connectivity index (χ2v) is 6.58. The molecular weight excluding hydrogens is 312 g/mol. The number of halogens is 4. The molecule has 0 spiro atoms. The number of hydroxylamine groups is 2. The number of alkyl halides is 2. The van der Waals surface area contributed by atoms with E-state index in [9.17, 15) is 14.8 Å². The lowest BCUT2D eigenvalue weighted by molar-refractivity contribution is -0.173. The second kappa shape index (κ2) is 3.11. The van der Waals surface area contributed by atoms with Gasteiger partial charge in [0.25, 0.3) is 11.8 Å². The Kier molecular flexibility index (Phi) is 2.21. The lowest BCUT2D eigenvalue weighted by Crippen LogP contribution is -2.38. The maximum Gasteiger partial charge on any atom is 0.259 e. The molecule has 0 aromatic rings. The molecular formula is C9H5Cl4NO3. The van der Waals surface area contributed by atoms with Crippen molar-refractivity contribution in [3.05, 3.63) is 10.1 Å². The van der Waals surface area contributed by atoms with Gasteiger partial charge in [0.05, 0.1) is 31.6 Å². The molecule has 92 valence electrons. The van der Waals surface area contributed by atoms with E-state index in [-0.39, 0.29) is 21.5 Å². The van der Waals surface area contributed by atoms with E-state index in [1.54, 1.807) is 0 Å². The summed E-state index contributed by atoms with van der Waals surface area (Å²) in [7, 11) is 0. The van der Waals surface area contributed by atoms with Crippen LogP contribution < -0.4 is 0 Å². The van der Waals surface area contributed by atoms with E-state index in [0.717, 1.165) is 0 Å². The number of allylic oxidation sites excluding steroid dienone is 2. The van der Waals surface area contributed by atoms with Gasteiger partial charge < -0.3 is 0 Å². The molecule has 4 nitrogen and oxygen atoms in total. The lowest BCUT2D eigenvalue weighted by atomic mass is 9.84. The molecule has 0 radical (unpaired) electrons. The zero-order valence-electron chi connectivity index (χ0n) is 8.08. The second-order valence-electron chi connectivity index (χ2n) is 4.47. The molecule has 2 aliphatic carbocycles. The normalized spacial score (nSPS) is 48.4. The Balaban J connectivity index is 2.25. The molecule has 1 aliphatic heterocycles. The Hall–Kier alpha value is -0.000000000000000167. The molecule has 4 atom stereocenters. The van der Waals surface area contributed by atoms with Gasteiger partial charge >= 0.3 is 0 Å². The first-order valence-corrected chi connectivity index (χ1v) is 6.27. The average Bonchev–Trinajstić information content (AvgIpc) is 2.72. The third kappa shape index (κ3) is 1.08. The number of nitrogens with zero attached hydrogens (tertiary/aromatic N) is 1. The molecule has 0 aromatic heterocycles. The number of hydrogen-bond donors (Lipinski definition) is 1. The molecule has 3 rings (SSSR count). The molecule has 1 saturated heterocycles. The Morgan fingerprint density at radius 1 is 1.06 bits per heavy atom. The van der Waals surface area contributed by atoms with Crippen LogP contribution in [0.5, 0.6) is 0 Å². The van der Waals surface area contributed by atoms with Crippen molar-refractivity contribution in [3.8, 4) is 0 Å². The summed E-state index contributed by atoms with van der Waals surface area (Å²) in [4.78, 5) is 21.0. The first-order chi connectivity index (χ1) is 7.75. The van der Waals surface area contributed by atoms with Gasteiger partial charge in [0.2, 0.25) is 0 Å². The van der Waals surface area contributed by atoms with Crippen LogP contribution in [0.25, 0.3) is 0 Å². The van der Waals surface area contributed by atoms with Gasteiger partial charge in [0.15, 0.2) is 0 Å². The minimum absolute atomic E-state index is 0.0579. The molecule has 0 aromatic carbocycles. The van der Waals surface area contributed by atoms with Crippen molar-refractivity contribution in [3.63, 3.8) is 0 Å². The molecule has 2 amide bonds. The first kappa shape index (κ1) is 12.1. The third-order valence-corrected chi connectivity index (χ3v) is 6.16. The van der Waals surface area contributed by atoms with Gasteiger partial charge in [-0.05, 0) is 6.42 Å². The third-order valence-electron chi connectivity index (χ3n) is 3.71. The molecule has 0 unspecified atom stereocenters. The topological polar surface area (TPSA) is 57.6 Å². The van der Waals surface area contributed by atoms with Crippen LogP contribution in [-0.4, -0.2) is 31.8 Å². The van der Waals surface area contributed by atoms with E-state index >= 15 is 0 Å². The van der Waals surface area contributed by atoms with Crippen molar-refractivity contribution in [2.75, 3.05) is 0 Å². The summed E-state index contributed by atoms with van der Waals surface area (Å²) in [6.07, 6.45) is 0.113. The van der Waals surface area contributed by atoms with Crippen LogP contribution >= 0.6 is 46.4 Å². The lowest BCUT2D eigenvalue weighted by Gasteiger charge is -2.28. The quantitative estimate of drug-likeness (QED) is 0.423. The van der Waals surface area contributed by atoms with Crippen LogP contribution in [0.3, 0.4) is 0 Å². The standard InChI is InChI=1S/C9H5Cl4NO3/c10-4-5(11)9(13)1-8(4,12)2-3(9)7(16)14(17)6(2)15/h2-3,17H,1H2/t2-,3-,8-,9+/m1/s1. The molecule has 17 heavy (non-hydrogen) atoms. The highest BCUT2D eigenvalue weighted by molar-refractivity contribution is 6.52. The highest BCUT2D eigenvalue weighted by atomic mass is 35.5. The number of hydrogen-bond acceptors (Lipinski definition) is 3. The van der Waals surface area contributed by atoms with Crippen LogP contribution in [0, 0.1) is 11.8 Å². The fourth-order valence-electron chi connectivity index (χ4n) is 2.96. The summed E-state index contributed by atoms with van der Waals surface area (Å²) in [5.41, 5.74) is 0. The molecule has 2 bridgehead atoms. The van der Waals surface area contributed by atoms with E-state index in [2.05, 4.69) is 0 Å². The highest BCUT2D eigenvalue weighted by Gasteiger charge is 2.76. The van der Waals surface area contributed by atoms with E-state index < -0.39 is 33.4 Å². The van der Waals surface area contributed by atoms with Crippen molar-refractivity contribution in [2.24, 2.45) is 11.8 Å². The van der Waals surface area contributed by atoms with Crippen LogP contribution in [0.2, 0.25) is 0 Å². The summed E-state index contributed by atoms with van der Waals surface area (Å²) < 4.78 is 0. The van der Waals surface area contributed by atoms with Gasteiger partial charge in [-0.3, -0.25) is 14.8 Å². The van der Waals surface area contributed by atoms with E-state index in [1.807, 2.05) is 0 Å². The molecule has 3 aliphatic rings.